The van der Waals surface area contributed by atoms with E-state index in [0.29, 0.717) is 18.4 Å². The topological polar surface area (TPSA) is 68.0 Å². The van der Waals surface area contributed by atoms with Gasteiger partial charge in [0.05, 0.1) is 6.10 Å². The molecule has 5 nitrogen and oxygen atoms in total. The monoisotopic (exact) mass is 337 g/mol. The molecule has 5 heteroatoms. The summed E-state index contributed by atoms with van der Waals surface area (Å²) in [5.41, 5.74) is 4.17. The molecule has 2 heterocycles. The Bertz CT molecular complexity index is 895. The summed E-state index contributed by atoms with van der Waals surface area (Å²) in [6.07, 6.45) is 3.13. The minimum atomic E-state index is -0.359. The molecule has 0 fully saturated rings. The number of aliphatic hydroxyl groups excluding tert-OH is 1. The fourth-order valence-electron chi connectivity index (χ4n) is 3.00. The number of rotatable bonds is 6. The number of aryl methyl sites for hydroxylation is 1. The lowest BCUT2D eigenvalue weighted by atomic mass is 10.1. The van der Waals surface area contributed by atoms with Crippen molar-refractivity contribution in [3.8, 4) is 5.69 Å². The molecule has 1 atom stereocenters. The van der Waals surface area contributed by atoms with Crippen LogP contribution in [0, 0.1) is 0 Å². The van der Waals surface area contributed by atoms with Gasteiger partial charge in [-0.3, -0.25) is 9.36 Å². The number of imidazole rings is 1. The van der Waals surface area contributed by atoms with E-state index in [2.05, 4.69) is 16.9 Å². The number of pyridine rings is 1. The number of ketones is 1. The number of fused-ring (bicyclic) bond motifs is 1. The summed E-state index contributed by atoms with van der Waals surface area (Å²) in [6, 6.07) is 9.89. The Balaban J connectivity index is 2.07. The van der Waals surface area contributed by atoms with Gasteiger partial charge in [-0.05, 0) is 37.1 Å². The number of benzene rings is 1. The summed E-state index contributed by atoms with van der Waals surface area (Å²) in [4.78, 5) is 21.1. The number of nitrogens with zero attached hydrogens (tertiary/aromatic N) is 3. The van der Waals surface area contributed by atoms with Crippen LogP contribution in [0.2, 0.25) is 0 Å². The highest BCUT2D eigenvalue weighted by Gasteiger charge is 2.15. The first-order chi connectivity index (χ1) is 12.0. The van der Waals surface area contributed by atoms with Gasteiger partial charge in [0.1, 0.15) is 11.3 Å². The third-order valence-corrected chi connectivity index (χ3v) is 4.25. The lowest BCUT2D eigenvalue weighted by molar-refractivity contribution is 0.0988. The van der Waals surface area contributed by atoms with E-state index in [9.17, 15) is 9.90 Å². The van der Waals surface area contributed by atoms with Gasteiger partial charge in [0.15, 0.2) is 11.4 Å². The Morgan fingerprint density at radius 2 is 1.96 bits per heavy atom. The maximum Gasteiger partial charge on any atom is 0.164 e. The van der Waals surface area contributed by atoms with Crippen molar-refractivity contribution < 1.29 is 9.90 Å². The summed E-state index contributed by atoms with van der Waals surface area (Å²) in [6.45, 7) is 5.68. The first kappa shape index (κ1) is 17.3. The van der Waals surface area contributed by atoms with E-state index in [-0.39, 0.29) is 11.9 Å². The van der Waals surface area contributed by atoms with Crippen LogP contribution < -0.4 is 0 Å². The summed E-state index contributed by atoms with van der Waals surface area (Å²) in [5, 5.41) is 9.52. The molecule has 130 valence electrons. The van der Waals surface area contributed by atoms with Gasteiger partial charge in [0.2, 0.25) is 0 Å². The largest absolute Gasteiger partial charge is 0.393 e. The summed E-state index contributed by atoms with van der Waals surface area (Å²) in [5.74, 6) is 0.983. The molecular weight excluding hydrogens is 314 g/mol. The third kappa shape index (κ3) is 3.46. The van der Waals surface area contributed by atoms with Gasteiger partial charge < -0.3 is 5.11 Å². The molecule has 3 rings (SSSR count). The Hall–Kier alpha value is -2.53. The molecule has 3 aromatic rings. The van der Waals surface area contributed by atoms with Crippen LogP contribution in [0.4, 0.5) is 0 Å². The lowest BCUT2D eigenvalue weighted by Gasteiger charge is -2.10. The molecule has 0 saturated heterocycles. The number of carbonyl (C=O) groups excluding carboxylic acids is 1. The van der Waals surface area contributed by atoms with E-state index < -0.39 is 0 Å². The van der Waals surface area contributed by atoms with Crippen LogP contribution in [0.3, 0.4) is 0 Å². The van der Waals surface area contributed by atoms with Gasteiger partial charge in [-0.15, -0.1) is 0 Å². The Labute approximate surface area is 147 Å². The highest BCUT2D eigenvalue weighted by Crippen LogP contribution is 2.22. The predicted molar refractivity (Wildman–Crippen MR) is 98.2 cm³/mol. The Kier molecular flexibility index (Phi) is 4.95. The highest BCUT2D eigenvalue weighted by molar-refractivity contribution is 5.97. The minimum absolute atomic E-state index is 0.0736. The summed E-state index contributed by atoms with van der Waals surface area (Å²) >= 11 is 0. The third-order valence-electron chi connectivity index (χ3n) is 4.25. The number of carbonyl (C=O) groups is 1. The minimum Gasteiger partial charge on any atom is -0.393 e. The zero-order chi connectivity index (χ0) is 18.0. The van der Waals surface area contributed by atoms with E-state index >= 15 is 0 Å². The quantitative estimate of drug-likeness (QED) is 0.699. The van der Waals surface area contributed by atoms with Crippen LogP contribution in [0.5, 0.6) is 0 Å². The number of hydrogen-bond acceptors (Lipinski definition) is 4. The van der Waals surface area contributed by atoms with Gasteiger partial charge >= 0.3 is 0 Å². The van der Waals surface area contributed by atoms with Crippen LogP contribution in [0.1, 0.15) is 48.9 Å². The zero-order valence-corrected chi connectivity index (χ0v) is 14.9. The normalized spacial score (nSPS) is 12.5. The molecule has 0 spiro atoms. The van der Waals surface area contributed by atoms with E-state index in [4.69, 9.17) is 0 Å². The summed E-state index contributed by atoms with van der Waals surface area (Å²) in [7, 11) is 0. The maximum absolute atomic E-state index is 11.9. The molecule has 25 heavy (non-hydrogen) atoms. The number of hydrogen-bond donors (Lipinski definition) is 1. The van der Waals surface area contributed by atoms with Crippen molar-refractivity contribution in [1.29, 1.82) is 0 Å². The zero-order valence-electron chi connectivity index (χ0n) is 14.9. The summed E-state index contributed by atoms with van der Waals surface area (Å²) < 4.78 is 2.03. The van der Waals surface area contributed by atoms with Crippen LogP contribution in [0.25, 0.3) is 16.9 Å². The molecule has 0 unspecified atom stereocenters. The van der Waals surface area contributed by atoms with Crippen LogP contribution >= 0.6 is 0 Å². The number of aliphatic hydroxyl groups is 1. The molecular formula is C20H23N3O2. The number of aromatic nitrogens is 3. The first-order valence-corrected chi connectivity index (χ1v) is 8.71. The van der Waals surface area contributed by atoms with Crippen LogP contribution in [-0.4, -0.2) is 31.5 Å². The molecule has 2 aromatic heterocycles. The molecule has 1 aromatic carbocycles. The standard InChI is InChI=1S/C20H23N3O2/c1-4-18(25)15-11-17-20(21-12-15)23(19(5-2)22-17)16-8-6-14(7-9-16)10-13(3)24/h6-9,11-13,24H,4-5,10H2,1-3H3/t13-/m0/s1. The van der Waals surface area contributed by atoms with Crippen molar-refractivity contribution in [2.45, 2.75) is 46.1 Å². The van der Waals surface area contributed by atoms with Gasteiger partial charge in [-0.2, -0.15) is 0 Å². The molecule has 0 radical (unpaired) electrons. The molecule has 0 amide bonds. The second-order valence-corrected chi connectivity index (χ2v) is 6.28. The van der Waals surface area contributed by atoms with Crippen LogP contribution in [-0.2, 0) is 12.8 Å². The molecule has 1 N–H and O–H groups in total. The van der Waals surface area contributed by atoms with Gasteiger partial charge in [-0.1, -0.05) is 26.0 Å². The molecule has 0 aliphatic carbocycles. The average Bonchev–Trinajstić information content (AvgIpc) is 2.99. The van der Waals surface area contributed by atoms with Crippen molar-refractivity contribution in [2.24, 2.45) is 0 Å². The van der Waals surface area contributed by atoms with Crippen LogP contribution in [0.15, 0.2) is 36.5 Å². The molecule has 0 saturated carbocycles. The molecule has 0 aliphatic rings. The van der Waals surface area contributed by atoms with E-state index in [1.54, 1.807) is 13.1 Å². The van der Waals surface area contributed by atoms with E-state index in [0.717, 1.165) is 34.7 Å². The van der Waals surface area contributed by atoms with Gasteiger partial charge in [0, 0.05) is 30.3 Å². The average molecular weight is 337 g/mol. The first-order valence-electron chi connectivity index (χ1n) is 8.71. The lowest BCUT2D eigenvalue weighted by Crippen LogP contribution is -2.05. The van der Waals surface area contributed by atoms with Crippen molar-refractivity contribution in [1.82, 2.24) is 14.5 Å². The highest BCUT2D eigenvalue weighted by atomic mass is 16.3. The van der Waals surface area contributed by atoms with Crippen molar-refractivity contribution >= 4 is 16.9 Å². The smallest absolute Gasteiger partial charge is 0.164 e. The second kappa shape index (κ2) is 7.15. The van der Waals surface area contributed by atoms with Crippen molar-refractivity contribution in [2.75, 3.05) is 0 Å². The van der Waals surface area contributed by atoms with Gasteiger partial charge in [0.25, 0.3) is 0 Å². The maximum atomic E-state index is 11.9. The van der Waals surface area contributed by atoms with Crippen molar-refractivity contribution in [3.63, 3.8) is 0 Å². The Morgan fingerprint density at radius 1 is 1.24 bits per heavy atom. The van der Waals surface area contributed by atoms with Gasteiger partial charge in [-0.25, -0.2) is 9.97 Å². The number of Topliss-reactive ketones (excluding diaryl/α,β-unsaturated/α-hetero) is 1. The molecule has 0 bridgehead atoms. The second-order valence-electron chi connectivity index (χ2n) is 6.28. The van der Waals surface area contributed by atoms with E-state index in [1.807, 2.05) is 41.8 Å². The predicted octanol–water partition coefficient (Wildman–Crippen LogP) is 3.50. The molecule has 0 aliphatic heterocycles. The van der Waals surface area contributed by atoms with Crippen molar-refractivity contribution in [3.05, 3.63) is 53.5 Å². The fraction of sp³-hybridized carbons (Fsp3) is 0.350. The SMILES string of the molecule is CCC(=O)c1cnc2c(c1)nc(CC)n2-c1ccc(C[C@H](C)O)cc1. The van der Waals surface area contributed by atoms with E-state index in [1.165, 1.54) is 0 Å². The fourth-order valence-corrected chi connectivity index (χ4v) is 3.00. The Morgan fingerprint density at radius 3 is 2.56 bits per heavy atom.